The fraction of sp³-hybridized carbons (Fsp3) is 0.452. The van der Waals surface area contributed by atoms with Crippen molar-refractivity contribution in [1.82, 2.24) is 20.3 Å². The zero-order valence-corrected chi connectivity index (χ0v) is 27.2. The number of halogens is 1. The summed E-state index contributed by atoms with van der Waals surface area (Å²) in [5, 5.41) is 6.45. The van der Waals surface area contributed by atoms with Gasteiger partial charge in [0.25, 0.3) is 5.91 Å². The molecule has 0 aromatic heterocycles. The van der Waals surface area contributed by atoms with Crippen molar-refractivity contribution in [2.24, 2.45) is 5.41 Å². The third-order valence-corrected chi connectivity index (χ3v) is 8.53. The molecule has 0 aliphatic heterocycles. The molecule has 0 spiro atoms. The zero-order chi connectivity index (χ0) is 31.9. The van der Waals surface area contributed by atoms with Gasteiger partial charge in [-0.3, -0.25) is 14.4 Å². The second-order valence-electron chi connectivity index (χ2n) is 12.0. The summed E-state index contributed by atoms with van der Waals surface area (Å²) in [7, 11) is -0.698. The molecule has 0 saturated carbocycles. The average molecular weight is 619 g/mol. The molecule has 9 nitrogen and oxygen atoms in total. The summed E-state index contributed by atoms with van der Waals surface area (Å²) >= 11 is 5.92. The van der Waals surface area contributed by atoms with Gasteiger partial charge in [0.2, 0.25) is 21.8 Å². The van der Waals surface area contributed by atoms with Gasteiger partial charge in [-0.2, -0.15) is 0 Å². The Kier molecular flexibility index (Phi) is 11.9. The molecule has 3 N–H and O–H groups in total. The van der Waals surface area contributed by atoms with Gasteiger partial charge in [0, 0.05) is 29.6 Å². The highest BCUT2D eigenvalue weighted by molar-refractivity contribution is 7.89. The van der Waals surface area contributed by atoms with Gasteiger partial charge < -0.3 is 15.5 Å². The summed E-state index contributed by atoms with van der Waals surface area (Å²) in [4.78, 5) is 41.1. The minimum Gasteiger partial charge on any atom is -0.342 e. The smallest absolute Gasteiger partial charge is 0.260 e. The minimum atomic E-state index is -3.97. The van der Waals surface area contributed by atoms with Gasteiger partial charge in [-0.1, -0.05) is 94.8 Å². The van der Waals surface area contributed by atoms with Crippen LogP contribution in [0.15, 0.2) is 66.2 Å². The molecular weight excluding hydrogens is 576 g/mol. The van der Waals surface area contributed by atoms with Crippen LogP contribution in [0.2, 0.25) is 5.02 Å². The summed E-state index contributed by atoms with van der Waals surface area (Å²) in [6.45, 7) is 11.0. The van der Waals surface area contributed by atoms with E-state index >= 15 is 0 Å². The van der Waals surface area contributed by atoms with Crippen LogP contribution < -0.4 is 15.4 Å². The maximum atomic E-state index is 13.6. The van der Waals surface area contributed by atoms with E-state index in [2.05, 4.69) is 15.4 Å². The Bertz CT molecular complexity index is 1400. The summed E-state index contributed by atoms with van der Waals surface area (Å²) in [6.07, 6.45) is 1.47. The maximum absolute atomic E-state index is 13.6. The second kappa shape index (κ2) is 14.3. The van der Waals surface area contributed by atoms with Crippen LogP contribution in [0.25, 0.3) is 0 Å². The van der Waals surface area contributed by atoms with E-state index in [9.17, 15) is 22.8 Å². The van der Waals surface area contributed by atoms with Crippen LogP contribution >= 0.6 is 11.6 Å². The quantitative estimate of drug-likeness (QED) is 0.311. The Morgan fingerprint density at radius 2 is 1.60 bits per heavy atom. The molecule has 0 aliphatic rings. The molecule has 42 heavy (non-hydrogen) atoms. The molecule has 0 fully saturated rings. The van der Waals surface area contributed by atoms with Crippen LogP contribution in [-0.2, 0) is 35.6 Å². The molecule has 230 valence electrons. The lowest BCUT2D eigenvalue weighted by Crippen LogP contribution is -2.60. The van der Waals surface area contributed by atoms with Crippen LogP contribution in [0.5, 0.6) is 0 Å². The van der Waals surface area contributed by atoms with Crippen LogP contribution in [-0.4, -0.2) is 63.8 Å². The van der Waals surface area contributed by atoms with E-state index in [0.29, 0.717) is 10.6 Å². The zero-order valence-electron chi connectivity index (χ0n) is 25.6. The highest BCUT2D eigenvalue weighted by Crippen LogP contribution is 2.28. The molecule has 11 heteroatoms. The van der Waals surface area contributed by atoms with Crippen molar-refractivity contribution in [2.45, 2.75) is 64.8 Å². The molecule has 0 radical (unpaired) electrons. The summed E-state index contributed by atoms with van der Waals surface area (Å²) in [5.74, 6) is -1.86. The van der Waals surface area contributed by atoms with E-state index in [0.717, 1.165) is 5.56 Å². The van der Waals surface area contributed by atoms with Crippen LogP contribution in [0.3, 0.4) is 0 Å². The van der Waals surface area contributed by atoms with Gasteiger partial charge in [0.05, 0.1) is 11.8 Å². The molecule has 2 rings (SSSR count). The maximum Gasteiger partial charge on any atom is 0.260 e. The number of sulfonamides is 1. The van der Waals surface area contributed by atoms with E-state index < -0.39 is 44.6 Å². The second-order valence-corrected chi connectivity index (χ2v) is 14.2. The summed E-state index contributed by atoms with van der Waals surface area (Å²) in [5.41, 5.74) is 0.348. The van der Waals surface area contributed by atoms with Crippen LogP contribution in [0.4, 0.5) is 0 Å². The van der Waals surface area contributed by atoms with Crippen molar-refractivity contribution in [3.63, 3.8) is 0 Å². The van der Waals surface area contributed by atoms with E-state index in [1.807, 2.05) is 65.0 Å². The predicted octanol–water partition coefficient (Wildman–Crippen LogP) is 3.79. The Morgan fingerprint density at radius 1 is 0.976 bits per heavy atom. The van der Waals surface area contributed by atoms with E-state index in [4.69, 9.17) is 11.6 Å². The average Bonchev–Trinajstić information content (AvgIpc) is 2.89. The first-order valence-corrected chi connectivity index (χ1v) is 15.7. The molecule has 2 aromatic carbocycles. The lowest BCUT2D eigenvalue weighted by Gasteiger charge is -2.38. The fourth-order valence-corrected chi connectivity index (χ4v) is 5.86. The fourth-order valence-electron chi connectivity index (χ4n) is 4.51. The van der Waals surface area contributed by atoms with Gasteiger partial charge in [0.15, 0.2) is 0 Å². The third-order valence-electron chi connectivity index (χ3n) is 7.09. The highest BCUT2D eigenvalue weighted by Gasteiger charge is 2.40. The van der Waals surface area contributed by atoms with Gasteiger partial charge in [-0.05, 0) is 42.6 Å². The lowest BCUT2D eigenvalue weighted by atomic mass is 9.76. The van der Waals surface area contributed by atoms with Crippen LogP contribution in [0.1, 0.15) is 52.7 Å². The van der Waals surface area contributed by atoms with Crippen molar-refractivity contribution < 1.29 is 22.8 Å². The predicted molar refractivity (Wildman–Crippen MR) is 167 cm³/mol. The Morgan fingerprint density at radius 3 is 2.14 bits per heavy atom. The first kappa shape index (κ1) is 35.0. The molecule has 2 atom stereocenters. The number of likely N-dealkylation sites (N-methyl/N-ethyl adjacent to an activating group) is 2. The lowest BCUT2D eigenvalue weighted by molar-refractivity contribution is -0.139. The number of amides is 3. The minimum absolute atomic E-state index is 0.0276. The molecule has 0 aliphatic carbocycles. The van der Waals surface area contributed by atoms with Crippen LogP contribution in [0, 0.1) is 5.41 Å². The van der Waals surface area contributed by atoms with Gasteiger partial charge in [-0.15, -0.1) is 0 Å². The number of nitrogens with one attached hydrogen (secondary N) is 3. The van der Waals surface area contributed by atoms with Gasteiger partial charge in [-0.25, -0.2) is 13.1 Å². The van der Waals surface area contributed by atoms with Crippen molar-refractivity contribution in [3.05, 3.63) is 82.4 Å². The van der Waals surface area contributed by atoms with Gasteiger partial charge >= 0.3 is 0 Å². The number of carbonyl (C=O) groups excluding carboxylic acids is 3. The number of nitrogens with zero attached hydrogens (tertiary/aromatic N) is 1. The van der Waals surface area contributed by atoms with Crippen molar-refractivity contribution in [1.29, 1.82) is 0 Å². The molecule has 3 amide bonds. The Hall–Kier alpha value is -3.21. The summed E-state index contributed by atoms with van der Waals surface area (Å²) < 4.78 is 27.1. The third kappa shape index (κ3) is 9.68. The van der Waals surface area contributed by atoms with E-state index in [-0.39, 0.29) is 23.9 Å². The first-order valence-electron chi connectivity index (χ1n) is 13.6. The number of hydrogen-bond donors (Lipinski definition) is 3. The largest absolute Gasteiger partial charge is 0.342 e. The number of hydrogen-bond acceptors (Lipinski definition) is 6. The molecule has 2 aromatic rings. The molecule has 1 unspecified atom stereocenters. The molecule has 0 heterocycles. The van der Waals surface area contributed by atoms with Crippen molar-refractivity contribution in [3.8, 4) is 0 Å². The molecular formula is C31H43ClN4O5S. The van der Waals surface area contributed by atoms with E-state index in [1.165, 1.54) is 24.0 Å². The Balaban J connectivity index is 2.12. The monoisotopic (exact) mass is 618 g/mol. The summed E-state index contributed by atoms with van der Waals surface area (Å²) in [6, 6.07) is 14.6. The Labute approximate surface area is 255 Å². The number of rotatable bonds is 12. The number of carbonyl (C=O) groups is 3. The normalized spacial score (nSPS) is 14.1. The van der Waals surface area contributed by atoms with Crippen molar-refractivity contribution >= 4 is 39.3 Å². The number of benzene rings is 2. The van der Waals surface area contributed by atoms with Crippen molar-refractivity contribution in [2.75, 3.05) is 20.6 Å². The first-order chi connectivity index (χ1) is 19.4. The van der Waals surface area contributed by atoms with E-state index in [1.54, 1.807) is 32.3 Å². The highest BCUT2D eigenvalue weighted by atomic mass is 35.5. The standard InChI is InChI=1S/C31H43ClN4O5S/c1-21(27(37)35-42(40,41)20-22-13-12-16-24(32)19-22)17-18-36(8)29(39)26(30(2,3)4)34-28(38)25(33-7)31(5,6)23-14-10-9-11-15-23/h9-17,19,25-26,33H,18,20H2,1-8H3,(H,34,38)(H,35,37)/b21-17+/t25-,26?/m1/s1. The SMILES string of the molecule is CN[C@H](C(=O)NC(C(=O)N(C)C/C=C(\C)C(=O)NS(=O)(=O)Cc1cccc(Cl)c1)C(C)(C)C)C(C)(C)c1ccccc1. The van der Waals surface area contributed by atoms with Gasteiger partial charge in [0.1, 0.15) is 6.04 Å². The molecule has 0 bridgehead atoms. The topological polar surface area (TPSA) is 125 Å². The molecule has 0 saturated heterocycles.